The highest BCUT2D eigenvalue weighted by molar-refractivity contribution is 5.65. The molecule has 3 rings (SSSR count). The Hall–Kier alpha value is -2.13. The molecule has 0 amide bonds. The molecule has 3 heteroatoms. The quantitative estimate of drug-likeness (QED) is 0.916. The van der Waals surface area contributed by atoms with Gasteiger partial charge < -0.3 is 9.64 Å². The maximum atomic E-state index is 13.0. The second kappa shape index (κ2) is 6.97. The Labute approximate surface area is 137 Å². The molecule has 0 aliphatic carbocycles. The van der Waals surface area contributed by atoms with Gasteiger partial charge >= 0.3 is 0 Å². The van der Waals surface area contributed by atoms with Crippen LogP contribution in [0.4, 0.5) is 4.39 Å². The van der Waals surface area contributed by atoms with E-state index < -0.39 is 0 Å². The minimum absolute atomic E-state index is 0.174. The highest BCUT2D eigenvalue weighted by Gasteiger charge is 2.16. The van der Waals surface area contributed by atoms with Gasteiger partial charge in [-0.25, -0.2) is 4.39 Å². The largest absolute Gasteiger partial charge is 0.496 e. The molecule has 2 aromatic rings. The number of methoxy groups -OCH3 is 1. The molecule has 23 heavy (non-hydrogen) atoms. The molecule has 120 valence electrons. The molecular formula is C20H23FNO+. The lowest BCUT2D eigenvalue weighted by atomic mass is 9.99. The van der Waals surface area contributed by atoms with Gasteiger partial charge in [0.15, 0.2) is 0 Å². The van der Waals surface area contributed by atoms with Gasteiger partial charge in [0.05, 0.1) is 20.2 Å². The standard InChI is InChI=1S/C20H22FNO/c1-15-13-16(3-8-20(15)23-2)14-22-11-9-18(10-12-22)17-4-6-19(21)7-5-17/h3-9,13H,10-12,14H2,1-2H3/p+1. The average Bonchev–Trinajstić information content (AvgIpc) is 2.57. The van der Waals surface area contributed by atoms with Crippen LogP contribution in [0.5, 0.6) is 5.75 Å². The Morgan fingerprint density at radius 1 is 1.13 bits per heavy atom. The van der Waals surface area contributed by atoms with Crippen molar-refractivity contribution in [2.75, 3.05) is 20.2 Å². The van der Waals surface area contributed by atoms with Crippen LogP contribution in [0.2, 0.25) is 0 Å². The molecule has 1 heterocycles. The number of benzene rings is 2. The molecule has 2 nitrogen and oxygen atoms in total. The number of hydrogen-bond acceptors (Lipinski definition) is 1. The van der Waals surface area contributed by atoms with E-state index in [1.165, 1.54) is 28.8 Å². The van der Waals surface area contributed by atoms with E-state index in [1.807, 2.05) is 18.2 Å². The maximum absolute atomic E-state index is 13.0. The molecule has 2 aromatic carbocycles. The van der Waals surface area contributed by atoms with Crippen molar-refractivity contribution < 1.29 is 14.0 Å². The molecule has 0 radical (unpaired) electrons. The predicted molar refractivity (Wildman–Crippen MR) is 91.1 cm³/mol. The van der Waals surface area contributed by atoms with Gasteiger partial charge in [-0.3, -0.25) is 0 Å². The summed E-state index contributed by atoms with van der Waals surface area (Å²) in [6.45, 7) is 5.23. The lowest BCUT2D eigenvalue weighted by Gasteiger charge is -2.24. The second-order valence-electron chi connectivity index (χ2n) is 6.17. The topological polar surface area (TPSA) is 13.7 Å². The van der Waals surface area contributed by atoms with Crippen molar-refractivity contribution in [1.82, 2.24) is 0 Å². The number of rotatable bonds is 4. The van der Waals surface area contributed by atoms with Gasteiger partial charge in [0.2, 0.25) is 0 Å². The fourth-order valence-electron chi connectivity index (χ4n) is 3.21. The van der Waals surface area contributed by atoms with Gasteiger partial charge in [0, 0.05) is 12.0 Å². The van der Waals surface area contributed by atoms with Gasteiger partial charge in [0.1, 0.15) is 18.1 Å². The van der Waals surface area contributed by atoms with Crippen molar-refractivity contribution in [3.05, 3.63) is 71.0 Å². The lowest BCUT2D eigenvalue weighted by molar-refractivity contribution is -0.908. The molecule has 0 bridgehead atoms. The van der Waals surface area contributed by atoms with Crippen molar-refractivity contribution >= 4 is 5.57 Å². The van der Waals surface area contributed by atoms with Crippen LogP contribution in [0.25, 0.3) is 5.57 Å². The number of quaternary nitrogens is 1. The summed E-state index contributed by atoms with van der Waals surface area (Å²) in [5.41, 5.74) is 5.01. The first-order chi connectivity index (χ1) is 11.2. The Morgan fingerprint density at radius 3 is 2.52 bits per heavy atom. The van der Waals surface area contributed by atoms with Gasteiger partial charge in [-0.15, -0.1) is 0 Å². The number of nitrogens with one attached hydrogen (secondary N) is 1. The third kappa shape index (κ3) is 3.80. The molecule has 1 aliphatic heterocycles. The predicted octanol–water partition coefficient (Wildman–Crippen LogP) is 3.01. The van der Waals surface area contributed by atoms with Crippen LogP contribution in [-0.2, 0) is 6.54 Å². The van der Waals surface area contributed by atoms with Crippen LogP contribution in [0.3, 0.4) is 0 Å². The minimum atomic E-state index is -0.174. The summed E-state index contributed by atoms with van der Waals surface area (Å²) in [6, 6.07) is 13.2. The molecule has 0 fully saturated rings. The molecule has 0 aromatic heterocycles. The highest BCUT2D eigenvalue weighted by atomic mass is 19.1. The molecular weight excluding hydrogens is 289 g/mol. The van der Waals surface area contributed by atoms with Gasteiger partial charge in [0.25, 0.3) is 0 Å². The minimum Gasteiger partial charge on any atom is -0.496 e. The van der Waals surface area contributed by atoms with Crippen LogP contribution in [0.1, 0.15) is 23.1 Å². The van der Waals surface area contributed by atoms with E-state index in [4.69, 9.17) is 4.74 Å². The second-order valence-corrected chi connectivity index (χ2v) is 6.17. The first kappa shape index (κ1) is 15.8. The van der Waals surface area contributed by atoms with Crippen molar-refractivity contribution in [3.63, 3.8) is 0 Å². The third-order valence-corrected chi connectivity index (χ3v) is 4.51. The number of halogens is 1. The average molecular weight is 312 g/mol. The van der Waals surface area contributed by atoms with E-state index in [9.17, 15) is 4.39 Å². The fraction of sp³-hybridized carbons (Fsp3) is 0.300. The number of aryl methyl sites for hydroxylation is 1. The first-order valence-corrected chi connectivity index (χ1v) is 8.08. The van der Waals surface area contributed by atoms with Crippen molar-refractivity contribution in [2.24, 2.45) is 0 Å². The van der Waals surface area contributed by atoms with Crippen LogP contribution in [0.15, 0.2) is 48.5 Å². The van der Waals surface area contributed by atoms with Crippen molar-refractivity contribution in [3.8, 4) is 5.75 Å². The van der Waals surface area contributed by atoms with Crippen LogP contribution >= 0.6 is 0 Å². The summed E-state index contributed by atoms with van der Waals surface area (Å²) in [7, 11) is 1.71. The first-order valence-electron chi connectivity index (χ1n) is 8.08. The molecule has 0 spiro atoms. The summed E-state index contributed by atoms with van der Waals surface area (Å²) in [6.07, 6.45) is 3.33. The van der Waals surface area contributed by atoms with Crippen LogP contribution in [0, 0.1) is 12.7 Å². The normalized spacial score (nSPS) is 17.7. The van der Waals surface area contributed by atoms with Gasteiger partial charge in [-0.1, -0.05) is 12.1 Å². The monoisotopic (exact) mass is 312 g/mol. The van der Waals surface area contributed by atoms with E-state index >= 15 is 0 Å². The Kier molecular flexibility index (Phi) is 4.77. The zero-order valence-electron chi connectivity index (χ0n) is 13.7. The zero-order valence-corrected chi connectivity index (χ0v) is 13.7. The van der Waals surface area contributed by atoms with Crippen molar-refractivity contribution in [2.45, 2.75) is 19.9 Å². The number of ether oxygens (including phenoxy) is 1. The highest BCUT2D eigenvalue weighted by Crippen LogP contribution is 2.20. The van der Waals surface area contributed by atoms with Crippen molar-refractivity contribution in [1.29, 1.82) is 0 Å². The lowest BCUT2D eigenvalue weighted by Crippen LogP contribution is -3.11. The third-order valence-electron chi connectivity index (χ3n) is 4.51. The Balaban J connectivity index is 1.64. The Bertz CT molecular complexity index is 706. The summed E-state index contributed by atoms with van der Waals surface area (Å²) in [4.78, 5) is 1.56. The molecule has 1 aliphatic rings. The Morgan fingerprint density at radius 2 is 1.91 bits per heavy atom. The fourth-order valence-corrected chi connectivity index (χ4v) is 3.21. The smallest absolute Gasteiger partial charge is 0.123 e. The number of hydrogen-bond donors (Lipinski definition) is 1. The summed E-state index contributed by atoms with van der Waals surface area (Å²) < 4.78 is 18.3. The van der Waals surface area contributed by atoms with E-state index in [0.29, 0.717) is 0 Å². The van der Waals surface area contributed by atoms with Gasteiger partial charge in [-0.2, -0.15) is 0 Å². The van der Waals surface area contributed by atoms with Crippen LogP contribution in [-0.4, -0.2) is 20.2 Å². The summed E-state index contributed by atoms with van der Waals surface area (Å²) in [5.74, 6) is 0.771. The molecule has 0 saturated carbocycles. The molecule has 1 unspecified atom stereocenters. The summed E-state index contributed by atoms with van der Waals surface area (Å²) in [5, 5.41) is 0. The van der Waals surface area contributed by atoms with E-state index in [1.54, 1.807) is 12.0 Å². The van der Waals surface area contributed by atoms with Gasteiger partial charge in [-0.05, 0) is 60.0 Å². The molecule has 1 atom stereocenters. The van der Waals surface area contributed by atoms with E-state index in [-0.39, 0.29) is 5.82 Å². The van der Waals surface area contributed by atoms with Crippen LogP contribution < -0.4 is 9.64 Å². The zero-order chi connectivity index (χ0) is 16.2. The molecule has 1 N–H and O–H groups in total. The summed E-state index contributed by atoms with van der Waals surface area (Å²) >= 11 is 0. The maximum Gasteiger partial charge on any atom is 0.123 e. The van der Waals surface area contributed by atoms with E-state index in [2.05, 4.69) is 25.1 Å². The molecule has 0 saturated heterocycles. The SMILES string of the molecule is COc1ccc(C[NH+]2CC=C(c3ccc(F)cc3)CC2)cc1C. The van der Waals surface area contributed by atoms with E-state index in [0.717, 1.165) is 37.4 Å².